The molecule has 3 N–H and O–H groups in total. The summed E-state index contributed by atoms with van der Waals surface area (Å²) in [7, 11) is 1.78. The zero-order valence-electron chi connectivity index (χ0n) is 11.5. The molecule has 6 heteroatoms. The van der Waals surface area contributed by atoms with Gasteiger partial charge in [-0.1, -0.05) is 0 Å². The molecule has 2 rings (SSSR count). The zero-order valence-corrected chi connectivity index (χ0v) is 11.5. The van der Waals surface area contributed by atoms with Crippen LogP contribution in [0.4, 0.5) is 11.4 Å². The molecule has 19 heavy (non-hydrogen) atoms. The van der Waals surface area contributed by atoms with Crippen molar-refractivity contribution in [2.45, 2.75) is 20.8 Å². The van der Waals surface area contributed by atoms with Crippen LogP contribution in [-0.4, -0.2) is 28.1 Å². The van der Waals surface area contributed by atoms with Crippen molar-refractivity contribution >= 4 is 17.3 Å². The highest BCUT2D eigenvalue weighted by Gasteiger charge is 2.15. The molecule has 0 atom stereocenters. The molecule has 0 unspecified atom stereocenters. The monoisotopic (exact) mass is 259 g/mol. The Hall–Kier alpha value is -2.37. The number of rotatable bonds is 3. The molecule has 0 fully saturated rings. The molecular weight excluding hydrogens is 242 g/mol. The van der Waals surface area contributed by atoms with Gasteiger partial charge in [0.25, 0.3) is 5.91 Å². The Morgan fingerprint density at radius 3 is 2.63 bits per heavy atom. The quantitative estimate of drug-likeness (QED) is 0.787. The first kappa shape index (κ1) is 13.1. The van der Waals surface area contributed by atoms with E-state index in [0.29, 0.717) is 11.3 Å². The van der Waals surface area contributed by atoms with Gasteiger partial charge in [-0.15, -0.1) is 0 Å². The number of hydrogen-bond acceptors (Lipinski definition) is 4. The lowest BCUT2D eigenvalue weighted by Crippen LogP contribution is -2.15. The maximum absolute atomic E-state index is 12.3. The van der Waals surface area contributed by atoms with Gasteiger partial charge in [0.05, 0.1) is 28.3 Å². The van der Waals surface area contributed by atoms with Gasteiger partial charge in [-0.2, -0.15) is 5.10 Å². The number of aryl methyl sites for hydroxylation is 3. The van der Waals surface area contributed by atoms with Gasteiger partial charge < -0.3 is 10.6 Å². The Bertz CT molecular complexity index is 598. The summed E-state index contributed by atoms with van der Waals surface area (Å²) in [5.74, 6) is -0.204. The maximum Gasteiger partial charge on any atom is 0.259 e. The van der Waals surface area contributed by atoms with Crippen molar-refractivity contribution in [1.29, 1.82) is 0 Å². The lowest BCUT2D eigenvalue weighted by Gasteiger charge is -2.10. The molecule has 2 aromatic heterocycles. The predicted molar refractivity (Wildman–Crippen MR) is 74.5 cm³/mol. The Balaban J connectivity index is 2.30. The minimum absolute atomic E-state index is 0.204. The van der Waals surface area contributed by atoms with Crippen LogP contribution >= 0.6 is 0 Å². The summed E-state index contributed by atoms with van der Waals surface area (Å²) in [6, 6.07) is 1.84. The van der Waals surface area contributed by atoms with E-state index in [1.54, 1.807) is 13.2 Å². The van der Waals surface area contributed by atoms with Crippen LogP contribution in [0.25, 0.3) is 0 Å². The van der Waals surface area contributed by atoms with Crippen LogP contribution in [0.15, 0.2) is 12.3 Å². The third-order valence-electron chi connectivity index (χ3n) is 2.92. The average molecular weight is 259 g/mol. The summed E-state index contributed by atoms with van der Waals surface area (Å²) in [6.07, 6.45) is 1.57. The van der Waals surface area contributed by atoms with E-state index in [1.165, 1.54) is 0 Å². The van der Waals surface area contributed by atoms with Crippen LogP contribution in [-0.2, 0) is 0 Å². The van der Waals surface area contributed by atoms with Crippen molar-refractivity contribution in [2.75, 3.05) is 17.7 Å². The number of aromatic amines is 1. The number of amides is 1. The average Bonchev–Trinajstić information content (AvgIpc) is 2.70. The fourth-order valence-electron chi connectivity index (χ4n) is 1.86. The molecule has 0 aromatic carbocycles. The summed E-state index contributed by atoms with van der Waals surface area (Å²) in [4.78, 5) is 16.4. The molecule has 2 aromatic rings. The highest BCUT2D eigenvalue weighted by atomic mass is 16.1. The van der Waals surface area contributed by atoms with Crippen molar-refractivity contribution in [3.05, 3.63) is 34.9 Å². The number of pyridine rings is 1. The van der Waals surface area contributed by atoms with Crippen LogP contribution in [0.3, 0.4) is 0 Å². The first-order valence-corrected chi connectivity index (χ1v) is 6.00. The predicted octanol–water partition coefficient (Wildman–Crippen LogP) is 2.02. The second-order valence-corrected chi connectivity index (χ2v) is 4.38. The minimum Gasteiger partial charge on any atom is -0.387 e. The number of hydrogen-bond donors (Lipinski definition) is 3. The Morgan fingerprint density at radius 1 is 1.32 bits per heavy atom. The fourth-order valence-corrected chi connectivity index (χ4v) is 1.86. The largest absolute Gasteiger partial charge is 0.387 e. The summed E-state index contributed by atoms with van der Waals surface area (Å²) in [6.45, 7) is 5.58. The molecule has 0 aliphatic heterocycles. The minimum atomic E-state index is -0.204. The van der Waals surface area contributed by atoms with E-state index in [4.69, 9.17) is 0 Å². The third-order valence-corrected chi connectivity index (χ3v) is 2.92. The third kappa shape index (κ3) is 2.57. The highest BCUT2D eigenvalue weighted by Crippen LogP contribution is 2.20. The van der Waals surface area contributed by atoms with Crippen molar-refractivity contribution in [3.8, 4) is 0 Å². The molecule has 2 heterocycles. The molecule has 0 radical (unpaired) electrons. The summed E-state index contributed by atoms with van der Waals surface area (Å²) >= 11 is 0. The van der Waals surface area contributed by atoms with Gasteiger partial charge in [0, 0.05) is 18.9 Å². The molecule has 1 amide bonds. The Labute approximate surface area is 111 Å². The first-order valence-electron chi connectivity index (χ1n) is 6.00. The number of H-pyrrole nitrogens is 1. The molecule has 100 valence electrons. The van der Waals surface area contributed by atoms with Gasteiger partial charge in [-0.05, 0) is 26.8 Å². The van der Waals surface area contributed by atoms with E-state index >= 15 is 0 Å². The highest BCUT2D eigenvalue weighted by molar-refractivity contribution is 6.08. The smallest absolute Gasteiger partial charge is 0.259 e. The van der Waals surface area contributed by atoms with Crippen molar-refractivity contribution < 1.29 is 4.79 Å². The molecule has 0 bridgehead atoms. The molecule has 6 nitrogen and oxygen atoms in total. The SMILES string of the molecule is CNc1cc(C)ncc1C(=O)Nc1c(C)n[nH]c1C. The van der Waals surface area contributed by atoms with Crippen LogP contribution in [0.1, 0.15) is 27.4 Å². The van der Waals surface area contributed by atoms with Crippen LogP contribution in [0.5, 0.6) is 0 Å². The second-order valence-electron chi connectivity index (χ2n) is 4.38. The first-order chi connectivity index (χ1) is 9.02. The topological polar surface area (TPSA) is 82.7 Å². The summed E-state index contributed by atoms with van der Waals surface area (Å²) in [5.41, 5.74) is 4.43. The van der Waals surface area contributed by atoms with E-state index in [2.05, 4.69) is 25.8 Å². The van der Waals surface area contributed by atoms with Gasteiger partial charge in [0.2, 0.25) is 0 Å². The van der Waals surface area contributed by atoms with Crippen LogP contribution < -0.4 is 10.6 Å². The number of anilines is 2. The lowest BCUT2D eigenvalue weighted by atomic mass is 10.2. The summed E-state index contributed by atoms with van der Waals surface area (Å²) < 4.78 is 0. The van der Waals surface area contributed by atoms with Crippen LogP contribution in [0, 0.1) is 20.8 Å². The van der Waals surface area contributed by atoms with Gasteiger partial charge in [-0.3, -0.25) is 14.9 Å². The molecule has 0 saturated heterocycles. The molecular formula is C13H17N5O. The number of carbonyl (C=O) groups is 1. The Kier molecular flexibility index (Phi) is 3.50. The molecule has 0 spiro atoms. The van der Waals surface area contributed by atoms with Crippen molar-refractivity contribution in [2.24, 2.45) is 0 Å². The fraction of sp³-hybridized carbons (Fsp3) is 0.308. The number of aromatic nitrogens is 3. The summed E-state index contributed by atoms with van der Waals surface area (Å²) in [5, 5.41) is 12.7. The normalized spacial score (nSPS) is 10.3. The molecule has 0 aliphatic rings. The standard InChI is InChI=1S/C13H17N5O/c1-7-5-11(14-4)10(6-15-7)13(19)16-12-8(2)17-18-9(12)3/h5-6H,1-4H3,(H,14,15)(H,16,19)(H,17,18). The number of nitrogens with one attached hydrogen (secondary N) is 3. The van der Waals surface area contributed by atoms with E-state index in [0.717, 1.165) is 22.8 Å². The second kappa shape index (κ2) is 5.09. The van der Waals surface area contributed by atoms with Gasteiger partial charge in [0.1, 0.15) is 0 Å². The van der Waals surface area contributed by atoms with E-state index in [9.17, 15) is 4.79 Å². The maximum atomic E-state index is 12.3. The van der Waals surface area contributed by atoms with E-state index < -0.39 is 0 Å². The number of carbonyl (C=O) groups excluding carboxylic acids is 1. The van der Waals surface area contributed by atoms with Gasteiger partial charge in [0.15, 0.2) is 0 Å². The van der Waals surface area contributed by atoms with Crippen molar-refractivity contribution in [3.63, 3.8) is 0 Å². The van der Waals surface area contributed by atoms with Crippen LogP contribution in [0.2, 0.25) is 0 Å². The van der Waals surface area contributed by atoms with Gasteiger partial charge in [-0.25, -0.2) is 0 Å². The van der Waals surface area contributed by atoms with E-state index in [1.807, 2.05) is 26.8 Å². The molecule has 0 saturated carbocycles. The zero-order chi connectivity index (χ0) is 14.0. The van der Waals surface area contributed by atoms with Gasteiger partial charge >= 0.3 is 0 Å². The lowest BCUT2D eigenvalue weighted by molar-refractivity contribution is 0.102. The molecule has 0 aliphatic carbocycles. The Morgan fingerprint density at radius 2 is 2.05 bits per heavy atom. The number of nitrogens with zero attached hydrogens (tertiary/aromatic N) is 2. The van der Waals surface area contributed by atoms with Crippen molar-refractivity contribution in [1.82, 2.24) is 15.2 Å². The van der Waals surface area contributed by atoms with E-state index in [-0.39, 0.29) is 5.91 Å².